The molecule has 0 fully saturated rings. The molecule has 0 saturated carbocycles. The first-order valence-corrected chi connectivity index (χ1v) is 7.72. The lowest BCUT2D eigenvalue weighted by molar-refractivity contribution is 0.102. The fraction of sp³-hybridized carbons (Fsp3) is 0.158. The molecule has 0 radical (unpaired) electrons. The van der Waals surface area contributed by atoms with Crippen LogP contribution in [0.2, 0.25) is 0 Å². The van der Waals surface area contributed by atoms with E-state index in [0.29, 0.717) is 5.69 Å². The van der Waals surface area contributed by atoms with Gasteiger partial charge in [-0.3, -0.25) is 4.79 Å². The summed E-state index contributed by atoms with van der Waals surface area (Å²) >= 11 is 0. The van der Waals surface area contributed by atoms with Gasteiger partial charge in [-0.25, -0.2) is 4.68 Å². The Kier molecular flexibility index (Phi) is 4.61. The Balaban J connectivity index is 1.63. The van der Waals surface area contributed by atoms with E-state index in [9.17, 15) is 4.79 Å². The molecule has 0 aliphatic rings. The maximum Gasteiger partial charge on any atom is 0.276 e. The quantitative estimate of drug-likeness (QED) is 0.778. The standard InChI is InChI=1S/C19H19N3O2/c1-14-8-9-15(2)18(12-14)24-13-22-11-10-17(21-22)19(23)20-16-6-4-3-5-7-16/h3-12H,13H2,1-2H3,(H,20,23). The van der Waals surface area contributed by atoms with Crippen molar-refractivity contribution in [1.29, 1.82) is 0 Å². The maximum atomic E-state index is 12.2. The molecule has 0 aliphatic carbocycles. The van der Waals surface area contributed by atoms with Crippen molar-refractivity contribution >= 4 is 11.6 Å². The Hall–Kier alpha value is -3.08. The molecular formula is C19H19N3O2. The smallest absolute Gasteiger partial charge is 0.276 e. The van der Waals surface area contributed by atoms with Crippen LogP contribution in [-0.4, -0.2) is 15.7 Å². The molecule has 5 nitrogen and oxygen atoms in total. The number of hydrogen-bond acceptors (Lipinski definition) is 3. The van der Waals surface area contributed by atoms with Gasteiger partial charge in [0.1, 0.15) is 5.75 Å². The van der Waals surface area contributed by atoms with Crippen LogP contribution in [0.3, 0.4) is 0 Å². The second-order valence-electron chi connectivity index (χ2n) is 5.60. The van der Waals surface area contributed by atoms with Gasteiger partial charge in [0.15, 0.2) is 12.4 Å². The number of aryl methyl sites for hydroxylation is 2. The average Bonchev–Trinajstić information content (AvgIpc) is 3.06. The van der Waals surface area contributed by atoms with Crippen molar-refractivity contribution in [2.45, 2.75) is 20.6 Å². The Morgan fingerprint density at radius 1 is 1.12 bits per heavy atom. The number of carbonyl (C=O) groups is 1. The van der Waals surface area contributed by atoms with Crippen LogP contribution in [0, 0.1) is 13.8 Å². The van der Waals surface area contributed by atoms with E-state index in [1.807, 2.05) is 62.4 Å². The lowest BCUT2D eigenvalue weighted by Gasteiger charge is -2.09. The minimum Gasteiger partial charge on any atom is -0.471 e. The summed E-state index contributed by atoms with van der Waals surface area (Å²) in [6.45, 7) is 4.27. The Morgan fingerprint density at radius 3 is 2.71 bits per heavy atom. The monoisotopic (exact) mass is 321 g/mol. The molecule has 3 aromatic rings. The minimum absolute atomic E-state index is 0.244. The molecule has 0 aliphatic heterocycles. The normalized spacial score (nSPS) is 10.4. The number of anilines is 1. The molecule has 1 amide bonds. The number of nitrogens with one attached hydrogen (secondary N) is 1. The topological polar surface area (TPSA) is 56.1 Å². The predicted octanol–water partition coefficient (Wildman–Crippen LogP) is 3.79. The van der Waals surface area contributed by atoms with Gasteiger partial charge in [-0.1, -0.05) is 30.3 Å². The number of ether oxygens (including phenoxy) is 1. The Morgan fingerprint density at radius 2 is 1.92 bits per heavy atom. The van der Waals surface area contributed by atoms with E-state index >= 15 is 0 Å². The third kappa shape index (κ3) is 3.81. The highest BCUT2D eigenvalue weighted by molar-refractivity contribution is 6.02. The Labute approximate surface area is 140 Å². The fourth-order valence-corrected chi connectivity index (χ4v) is 2.27. The summed E-state index contributed by atoms with van der Waals surface area (Å²) in [4.78, 5) is 12.2. The van der Waals surface area contributed by atoms with E-state index in [-0.39, 0.29) is 12.6 Å². The molecular weight excluding hydrogens is 302 g/mol. The van der Waals surface area contributed by atoms with E-state index in [1.54, 1.807) is 16.9 Å². The van der Waals surface area contributed by atoms with Crippen LogP contribution in [0.1, 0.15) is 21.6 Å². The van der Waals surface area contributed by atoms with Gasteiger partial charge in [-0.05, 0) is 49.2 Å². The lowest BCUT2D eigenvalue weighted by Crippen LogP contribution is -2.14. The summed E-state index contributed by atoms with van der Waals surface area (Å²) in [6.07, 6.45) is 1.73. The molecule has 0 unspecified atom stereocenters. The zero-order valence-electron chi connectivity index (χ0n) is 13.7. The van der Waals surface area contributed by atoms with Crippen molar-refractivity contribution in [2.75, 3.05) is 5.32 Å². The second-order valence-corrected chi connectivity index (χ2v) is 5.60. The van der Waals surface area contributed by atoms with Crippen molar-refractivity contribution in [3.8, 4) is 5.75 Å². The summed E-state index contributed by atoms with van der Waals surface area (Å²) in [5.41, 5.74) is 3.29. The van der Waals surface area contributed by atoms with Crippen molar-refractivity contribution in [3.63, 3.8) is 0 Å². The molecule has 122 valence electrons. The Bertz CT molecular complexity index is 841. The average molecular weight is 321 g/mol. The van der Waals surface area contributed by atoms with Gasteiger partial charge in [0.05, 0.1) is 0 Å². The minimum atomic E-state index is -0.244. The molecule has 1 heterocycles. The van der Waals surface area contributed by atoms with Crippen LogP contribution >= 0.6 is 0 Å². The fourth-order valence-electron chi connectivity index (χ4n) is 2.27. The maximum absolute atomic E-state index is 12.2. The summed E-state index contributed by atoms with van der Waals surface area (Å²) < 4.78 is 7.38. The molecule has 0 spiro atoms. The number of carbonyl (C=O) groups excluding carboxylic acids is 1. The highest BCUT2D eigenvalue weighted by atomic mass is 16.5. The van der Waals surface area contributed by atoms with E-state index in [1.165, 1.54) is 0 Å². The highest BCUT2D eigenvalue weighted by Crippen LogP contribution is 2.19. The van der Waals surface area contributed by atoms with Crippen LogP contribution in [0.5, 0.6) is 5.75 Å². The van der Waals surface area contributed by atoms with Crippen molar-refractivity contribution in [2.24, 2.45) is 0 Å². The third-order valence-electron chi connectivity index (χ3n) is 3.60. The van der Waals surface area contributed by atoms with Crippen molar-refractivity contribution in [3.05, 3.63) is 77.6 Å². The SMILES string of the molecule is Cc1ccc(C)c(OCn2ccc(C(=O)Nc3ccccc3)n2)c1. The zero-order valence-corrected chi connectivity index (χ0v) is 13.7. The number of rotatable bonds is 5. The molecule has 2 aromatic carbocycles. The summed E-state index contributed by atoms with van der Waals surface area (Å²) in [7, 11) is 0. The zero-order chi connectivity index (χ0) is 16.9. The van der Waals surface area contributed by atoms with Crippen LogP contribution in [-0.2, 0) is 6.73 Å². The summed E-state index contributed by atoms with van der Waals surface area (Å²) in [6, 6.07) is 17.0. The van der Waals surface area contributed by atoms with Crippen molar-refractivity contribution < 1.29 is 9.53 Å². The van der Waals surface area contributed by atoms with E-state index in [2.05, 4.69) is 10.4 Å². The summed E-state index contributed by atoms with van der Waals surface area (Å²) in [5.74, 6) is 0.576. The van der Waals surface area contributed by atoms with Crippen LogP contribution in [0.4, 0.5) is 5.69 Å². The van der Waals surface area contributed by atoms with Crippen LogP contribution < -0.4 is 10.1 Å². The first kappa shape index (κ1) is 15.8. The number of para-hydroxylation sites is 1. The molecule has 1 N–H and O–H groups in total. The van der Waals surface area contributed by atoms with Gasteiger partial charge in [-0.15, -0.1) is 0 Å². The molecule has 5 heteroatoms. The molecule has 1 aromatic heterocycles. The summed E-state index contributed by atoms with van der Waals surface area (Å²) in [5, 5.41) is 7.06. The van der Waals surface area contributed by atoms with Gasteiger partial charge in [0.25, 0.3) is 5.91 Å². The predicted molar refractivity (Wildman–Crippen MR) is 93.2 cm³/mol. The number of hydrogen-bond donors (Lipinski definition) is 1. The lowest BCUT2D eigenvalue weighted by atomic mass is 10.1. The molecule has 0 bridgehead atoms. The van der Waals surface area contributed by atoms with E-state index in [4.69, 9.17) is 4.74 Å². The molecule has 0 atom stereocenters. The number of aromatic nitrogens is 2. The van der Waals surface area contributed by atoms with Gasteiger partial charge in [-0.2, -0.15) is 5.10 Å². The number of benzene rings is 2. The van der Waals surface area contributed by atoms with Gasteiger partial charge in [0.2, 0.25) is 0 Å². The van der Waals surface area contributed by atoms with Crippen LogP contribution in [0.25, 0.3) is 0 Å². The van der Waals surface area contributed by atoms with E-state index < -0.39 is 0 Å². The number of amides is 1. The molecule has 3 rings (SSSR count). The second kappa shape index (κ2) is 7.00. The van der Waals surface area contributed by atoms with Crippen LogP contribution in [0.15, 0.2) is 60.8 Å². The van der Waals surface area contributed by atoms with Gasteiger partial charge < -0.3 is 10.1 Å². The van der Waals surface area contributed by atoms with E-state index in [0.717, 1.165) is 22.6 Å². The number of nitrogens with zero attached hydrogens (tertiary/aromatic N) is 2. The first-order valence-electron chi connectivity index (χ1n) is 7.72. The third-order valence-corrected chi connectivity index (χ3v) is 3.60. The van der Waals surface area contributed by atoms with Gasteiger partial charge >= 0.3 is 0 Å². The molecule has 0 saturated heterocycles. The largest absolute Gasteiger partial charge is 0.471 e. The molecule has 24 heavy (non-hydrogen) atoms. The van der Waals surface area contributed by atoms with Crippen molar-refractivity contribution in [1.82, 2.24) is 9.78 Å². The highest BCUT2D eigenvalue weighted by Gasteiger charge is 2.10. The van der Waals surface area contributed by atoms with Gasteiger partial charge in [0, 0.05) is 11.9 Å². The first-order chi connectivity index (χ1) is 11.6.